The summed E-state index contributed by atoms with van der Waals surface area (Å²) >= 11 is 0. The van der Waals surface area contributed by atoms with E-state index in [9.17, 15) is 9.90 Å². The third kappa shape index (κ3) is 4.21. The second-order valence-corrected chi connectivity index (χ2v) is 5.90. The zero-order chi connectivity index (χ0) is 16.1. The van der Waals surface area contributed by atoms with Crippen LogP contribution in [-0.4, -0.2) is 41.7 Å². The fourth-order valence-corrected chi connectivity index (χ4v) is 2.84. The molecule has 0 unspecified atom stereocenters. The molecule has 122 valence electrons. The van der Waals surface area contributed by atoms with Gasteiger partial charge in [-0.25, -0.2) is 0 Å². The van der Waals surface area contributed by atoms with Crippen LogP contribution in [0.4, 0.5) is 5.69 Å². The summed E-state index contributed by atoms with van der Waals surface area (Å²) in [5.74, 6) is 0.806. The molecule has 5 heteroatoms. The van der Waals surface area contributed by atoms with Crippen molar-refractivity contribution in [1.82, 2.24) is 4.90 Å². The fourth-order valence-electron chi connectivity index (χ4n) is 2.84. The lowest BCUT2D eigenvalue weighted by Gasteiger charge is -2.31. The summed E-state index contributed by atoms with van der Waals surface area (Å²) in [4.78, 5) is 16.7. The number of furan rings is 1. The Hall–Kier alpha value is -2.11. The Morgan fingerprint density at radius 1 is 1.17 bits per heavy atom. The van der Waals surface area contributed by atoms with Gasteiger partial charge in [0.05, 0.1) is 25.5 Å². The van der Waals surface area contributed by atoms with Crippen molar-refractivity contribution in [3.63, 3.8) is 0 Å². The van der Waals surface area contributed by atoms with Crippen LogP contribution in [0.2, 0.25) is 0 Å². The predicted molar refractivity (Wildman–Crippen MR) is 88.0 cm³/mol. The standard InChI is InChI=1S/C18H22N2O3/c21-16-8-10-19(11-9-16)14-18(22)20(13-17-7-4-12-23-17)15-5-2-1-3-6-15/h1-7,12,16,21H,8-11,13-14H2. The van der Waals surface area contributed by atoms with Gasteiger partial charge in [-0.15, -0.1) is 0 Å². The molecule has 0 bridgehead atoms. The second kappa shape index (κ2) is 7.44. The first-order chi connectivity index (χ1) is 11.2. The first-order valence-corrected chi connectivity index (χ1v) is 8.00. The Morgan fingerprint density at radius 2 is 1.91 bits per heavy atom. The maximum atomic E-state index is 12.8. The van der Waals surface area contributed by atoms with Crippen LogP contribution in [-0.2, 0) is 11.3 Å². The highest BCUT2D eigenvalue weighted by Gasteiger charge is 2.23. The molecule has 1 aliphatic heterocycles. The summed E-state index contributed by atoms with van der Waals surface area (Å²) in [7, 11) is 0. The molecule has 0 aliphatic carbocycles. The van der Waals surface area contributed by atoms with Crippen LogP contribution < -0.4 is 4.90 Å². The molecule has 0 atom stereocenters. The van der Waals surface area contributed by atoms with Gasteiger partial charge in [-0.2, -0.15) is 0 Å². The van der Waals surface area contributed by atoms with Crippen molar-refractivity contribution in [1.29, 1.82) is 0 Å². The van der Waals surface area contributed by atoms with Gasteiger partial charge >= 0.3 is 0 Å². The Kier molecular flexibility index (Phi) is 5.10. The molecular weight excluding hydrogens is 292 g/mol. The number of nitrogens with zero attached hydrogens (tertiary/aromatic N) is 2. The van der Waals surface area contributed by atoms with Crippen LogP contribution in [0.25, 0.3) is 0 Å². The van der Waals surface area contributed by atoms with Crippen molar-refractivity contribution in [2.45, 2.75) is 25.5 Å². The molecule has 1 aromatic carbocycles. The second-order valence-electron chi connectivity index (χ2n) is 5.90. The fraction of sp³-hybridized carbons (Fsp3) is 0.389. The molecule has 2 aromatic rings. The summed E-state index contributed by atoms with van der Waals surface area (Å²) in [5, 5.41) is 9.59. The van der Waals surface area contributed by atoms with Crippen molar-refractivity contribution in [3.8, 4) is 0 Å². The number of hydrogen-bond acceptors (Lipinski definition) is 4. The molecule has 1 fully saturated rings. The Morgan fingerprint density at radius 3 is 2.57 bits per heavy atom. The lowest BCUT2D eigenvalue weighted by atomic mass is 10.1. The van der Waals surface area contributed by atoms with Gasteiger partial charge in [0, 0.05) is 18.8 Å². The highest BCUT2D eigenvalue weighted by atomic mass is 16.3. The lowest BCUT2D eigenvalue weighted by molar-refractivity contribution is -0.120. The van der Waals surface area contributed by atoms with E-state index in [1.165, 1.54) is 0 Å². The minimum atomic E-state index is -0.227. The zero-order valence-corrected chi connectivity index (χ0v) is 13.1. The third-order valence-corrected chi connectivity index (χ3v) is 4.18. The predicted octanol–water partition coefficient (Wildman–Crippen LogP) is 2.27. The molecule has 1 aliphatic rings. The van der Waals surface area contributed by atoms with Crippen LogP contribution in [0.3, 0.4) is 0 Å². The number of para-hydroxylation sites is 1. The Bertz CT molecular complexity index is 604. The number of carbonyl (C=O) groups is 1. The minimum absolute atomic E-state index is 0.0454. The van der Waals surface area contributed by atoms with Crippen LogP contribution in [0.1, 0.15) is 18.6 Å². The lowest BCUT2D eigenvalue weighted by Crippen LogP contribution is -2.44. The van der Waals surface area contributed by atoms with Gasteiger partial charge in [-0.1, -0.05) is 18.2 Å². The number of rotatable bonds is 5. The average Bonchev–Trinajstić information content (AvgIpc) is 3.09. The van der Waals surface area contributed by atoms with Gasteiger partial charge in [0.2, 0.25) is 5.91 Å². The number of hydrogen-bond donors (Lipinski definition) is 1. The number of benzene rings is 1. The average molecular weight is 314 g/mol. The molecule has 1 amide bonds. The maximum Gasteiger partial charge on any atom is 0.241 e. The monoisotopic (exact) mass is 314 g/mol. The van der Waals surface area contributed by atoms with Crippen LogP contribution in [0.15, 0.2) is 53.1 Å². The van der Waals surface area contributed by atoms with Gasteiger partial charge in [-0.3, -0.25) is 9.69 Å². The molecular formula is C18H22N2O3. The molecule has 1 N–H and O–H groups in total. The van der Waals surface area contributed by atoms with Crippen molar-refractivity contribution in [2.24, 2.45) is 0 Å². The third-order valence-electron chi connectivity index (χ3n) is 4.18. The van der Waals surface area contributed by atoms with Crippen molar-refractivity contribution in [3.05, 3.63) is 54.5 Å². The molecule has 23 heavy (non-hydrogen) atoms. The maximum absolute atomic E-state index is 12.8. The Balaban J connectivity index is 1.70. The van der Waals surface area contributed by atoms with Crippen molar-refractivity contribution >= 4 is 11.6 Å². The minimum Gasteiger partial charge on any atom is -0.467 e. The number of aliphatic hydroxyl groups is 1. The van der Waals surface area contributed by atoms with Gasteiger partial charge < -0.3 is 14.4 Å². The quantitative estimate of drug-likeness (QED) is 0.920. The van der Waals surface area contributed by atoms with E-state index in [0.717, 1.165) is 37.4 Å². The van der Waals surface area contributed by atoms with E-state index in [4.69, 9.17) is 4.42 Å². The molecule has 0 spiro atoms. The van der Waals surface area contributed by atoms with E-state index in [1.807, 2.05) is 42.5 Å². The number of likely N-dealkylation sites (tertiary alicyclic amines) is 1. The summed E-state index contributed by atoms with van der Waals surface area (Å²) < 4.78 is 5.40. The number of anilines is 1. The van der Waals surface area contributed by atoms with E-state index in [2.05, 4.69) is 4.90 Å². The van der Waals surface area contributed by atoms with E-state index < -0.39 is 0 Å². The van der Waals surface area contributed by atoms with Gasteiger partial charge in [-0.05, 0) is 37.1 Å². The topological polar surface area (TPSA) is 56.9 Å². The normalized spacial score (nSPS) is 16.4. The van der Waals surface area contributed by atoms with Crippen LogP contribution in [0, 0.1) is 0 Å². The summed E-state index contributed by atoms with van der Waals surface area (Å²) in [6, 6.07) is 13.4. The number of aliphatic hydroxyl groups excluding tert-OH is 1. The molecule has 0 saturated carbocycles. The van der Waals surface area contributed by atoms with Crippen LogP contribution >= 0.6 is 0 Å². The molecule has 0 radical (unpaired) electrons. The summed E-state index contributed by atoms with van der Waals surface area (Å²) in [6.45, 7) is 2.31. The molecule has 5 nitrogen and oxygen atoms in total. The Labute approximate surface area is 136 Å². The number of carbonyl (C=O) groups excluding carboxylic acids is 1. The molecule has 1 saturated heterocycles. The highest BCUT2D eigenvalue weighted by Crippen LogP contribution is 2.18. The van der Waals surface area contributed by atoms with Gasteiger partial charge in [0.15, 0.2) is 0 Å². The zero-order valence-electron chi connectivity index (χ0n) is 13.1. The van der Waals surface area contributed by atoms with Gasteiger partial charge in [0.25, 0.3) is 0 Å². The number of piperidine rings is 1. The molecule has 3 rings (SSSR count). The SMILES string of the molecule is O=C(CN1CCC(O)CC1)N(Cc1ccco1)c1ccccc1. The van der Waals surface area contributed by atoms with Crippen molar-refractivity contribution < 1.29 is 14.3 Å². The van der Waals surface area contributed by atoms with E-state index in [1.54, 1.807) is 11.2 Å². The largest absolute Gasteiger partial charge is 0.467 e. The van der Waals surface area contributed by atoms with E-state index >= 15 is 0 Å². The van der Waals surface area contributed by atoms with E-state index in [0.29, 0.717) is 13.1 Å². The van der Waals surface area contributed by atoms with E-state index in [-0.39, 0.29) is 12.0 Å². The van der Waals surface area contributed by atoms with Crippen molar-refractivity contribution in [2.75, 3.05) is 24.5 Å². The summed E-state index contributed by atoms with van der Waals surface area (Å²) in [5.41, 5.74) is 0.867. The first-order valence-electron chi connectivity index (χ1n) is 8.00. The molecule has 1 aromatic heterocycles. The smallest absolute Gasteiger partial charge is 0.241 e. The summed E-state index contributed by atoms with van der Waals surface area (Å²) in [6.07, 6.45) is 2.86. The number of amides is 1. The van der Waals surface area contributed by atoms with Crippen LogP contribution in [0.5, 0.6) is 0 Å². The highest BCUT2D eigenvalue weighted by molar-refractivity contribution is 5.94. The molecule has 2 heterocycles. The first kappa shape index (κ1) is 15.8. The van der Waals surface area contributed by atoms with Gasteiger partial charge in [0.1, 0.15) is 5.76 Å².